The van der Waals surface area contributed by atoms with Crippen LogP contribution in [0.5, 0.6) is 5.75 Å². The lowest BCUT2D eigenvalue weighted by atomic mass is 10.1. The molecule has 6 heteroatoms. The normalized spacial score (nSPS) is 11.8. The van der Waals surface area contributed by atoms with Crippen molar-refractivity contribution in [2.24, 2.45) is 0 Å². The van der Waals surface area contributed by atoms with Crippen molar-refractivity contribution >= 4 is 21.9 Å². The van der Waals surface area contributed by atoms with Crippen LogP contribution in [0.1, 0.15) is 18.2 Å². The Balaban J connectivity index is 1.54. The molecule has 0 spiro atoms. The number of aryl methyl sites for hydroxylation is 1. The Morgan fingerprint density at radius 1 is 1.15 bits per heavy atom. The van der Waals surface area contributed by atoms with E-state index in [9.17, 15) is 4.79 Å². The molecule has 0 fully saturated rings. The number of carbonyl (C=O) groups excluding carboxylic acids is 1. The molecule has 26 heavy (non-hydrogen) atoms. The second-order valence-corrected chi connectivity index (χ2v) is 6.75. The molecule has 1 unspecified atom stereocenters. The maximum atomic E-state index is 12.1. The number of oxazole rings is 1. The summed E-state index contributed by atoms with van der Waals surface area (Å²) in [6.45, 7) is 3.69. The Labute approximate surface area is 160 Å². The number of aromatic nitrogens is 1. The SMILES string of the molecule is Cc1ccc(-c2nc(COC(=O)C(C)Oc3ccc(Br)cc3)co2)cc1. The summed E-state index contributed by atoms with van der Waals surface area (Å²) in [6, 6.07) is 15.1. The number of halogens is 1. The monoisotopic (exact) mass is 415 g/mol. The lowest BCUT2D eigenvalue weighted by Gasteiger charge is -2.13. The van der Waals surface area contributed by atoms with Crippen LogP contribution in [0, 0.1) is 6.92 Å². The van der Waals surface area contributed by atoms with Crippen LogP contribution in [0.4, 0.5) is 0 Å². The molecular formula is C20H18BrNO4. The highest BCUT2D eigenvalue weighted by molar-refractivity contribution is 9.10. The van der Waals surface area contributed by atoms with E-state index in [1.165, 1.54) is 6.26 Å². The molecule has 0 aliphatic rings. The van der Waals surface area contributed by atoms with Gasteiger partial charge in [-0.05, 0) is 50.2 Å². The summed E-state index contributed by atoms with van der Waals surface area (Å²) in [5.41, 5.74) is 2.58. The van der Waals surface area contributed by atoms with E-state index in [4.69, 9.17) is 13.9 Å². The number of carbonyl (C=O) groups is 1. The van der Waals surface area contributed by atoms with Gasteiger partial charge in [-0.1, -0.05) is 33.6 Å². The molecule has 0 radical (unpaired) electrons. The first-order valence-electron chi connectivity index (χ1n) is 8.11. The molecule has 5 nitrogen and oxygen atoms in total. The van der Waals surface area contributed by atoms with Crippen molar-refractivity contribution < 1.29 is 18.7 Å². The molecule has 3 aromatic rings. The molecule has 0 aliphatic heterocycles. The largest absolute Gasteiger partial charge is 0.479 e. The highest BCUT2D eigenvalue weighted by Crippen LogP contribution is 2.20. The topological polar surface area (TPSA) is 61.6 Å². The third-order valence-corrected chi connectivity index (χ3v) is 4.20. The van der Waals surface area contributed by atoms with E-state index in [2.05, 4.69) is 20.9 Å². The van der Waals surface area contributed by atoms with Crippen LogP contribution in [0.25, 0.3) is 11.5 Å². The summed E-state index contributed by atoms with van der Waals surface area (Å²) in [5.74, 6) is 0.628. The zero-order chi connectivity index (χ0) is 18.5. The predicted octanol–water partition coefficient (Wildman–Crippen LogP) is 4.92. The van der Waals surface area contributed by atoms with Gasteiger partial charge in [-0.3, -0.25) is 0 Å². The number of nitrogens with zero attached hydrogens (tertiary/aromatic N) is 1. The van der Waals surface area contributed by atoms with Gasteiger partial charge in [0.15, 0.2) is 6.10 Å². The minimum absolute atomic E-state index is 0.0300. The van der Waals surface area contributed by atoms with Gasteiger partial charge in [0.05, 0.1) is 0 Å². The molecule has 0 saturated carbocycles. The Hall–Kier alpha value is -2.60. The van der Waals surface area contributed by atoms with Crippen molar-refractivity contribution in [3.63, 3.8) is 0 Å². The molecule has 0 amide bonds. The van der Waals surface area contributed by atoms with Gasteiger partial charge in [-0.15, -0.1) is 0 Å². The standard InChI is InChI=1S/C20H18BrNO4/c1-13-3-5-15(6-4-13)19-22-17(11-24-19)12-25-20(23)14(2)26-18-9-7-16(21)8-10-18/h3-11,14H,12H2,1-2H3. The summed E-state index contributed by atoms with van der Waals surface area (Å²) < 4.78 is 17.2. The maximum absolute atomic E-state index is 12.1. The summed E-state index contributed by atoms with van der Waals surface area (Å²) in [7, 11) is 0. The van der Waals surface area contributed by atoms with E-state index < -0.39 is 12.1 Å². The van der Waals surface area contributed by atoms with Gasteiger partial charge in [0.2, 0.25) is 5.89 Å². The lowest BCUT2D eigenvalue weighted by Crippen LogP contribution is -2.26. The van der Waals surface area contributed by atoms with E-state index in [1.54, 1.807) is 19.1 Å². The smallest absolute Gasteiger partial charge is 0.347 e. The van der Waals surface area contributed by atoms with Gasteiger partial charge >= 0.3 is 5.97 Å². The van der Waals surface area contributed by atoms with Gasteiger partial charge in [0, 0.05) is 10.0 Å². The Morgan fingerprint density at radius 2 is 1.85 bits per heavy atom. The van der Waals surface area contributed by atoms with E-state index in [1.807, 2.05) is 43.3 Å². The minimum Gasteiger partial charge on any atom is -0.479 e. The van der Waals surface area contributed by atoms with Crippen LogP contribution in [0.3, 0.4) is 0 Å². The van der Waals surface area contributed by atoms with Crippen LogP contribution in [0.15, 0.2) is 63.7 Å². The average molecular weight is 416 g/mol. The van der Waals surface area contributed by atoms with E-state index in [0.717, 1.165) is 15.6 Å². The highest BCUT2D eigenvalue weighted by atomic mass is 79.9. The van der Waals surface area contributed by atoms with Crippen LogP contribution in [0.2, 0.25) is 0 Å². The number of esters is 1. The molecule has 134 valence electrons. The average Bonchev–Trinajstić information content (AvgIpc) is 3.11. The fraction of sp³-hybridized carbons (Fsp3) is 0.200. The van der Waals surface area contributed by atoms with Crippen molar-refractivity contribution in [1.82, 2.24) is 4.98 Å². The zero-order valence-electron chi connectivity index (χ0n) is 14.4. The minimum atomic E-state index is -0.723. The first kappa shape index (κ1) is 18.2. The van der Waals surface area contributed by atoms with Gasteiger partial charge in [0.1, 0.15) is 24.3 Å². The number of hydrogen-bond donors (Lipinski definition) is 0. The van der Waals surface area contributed by atoms with Crippen molar-refractivity contribution in [2.45, 2.75) is 26.6 Å². The number of rotatable bonds is 6. The molecule has 2 aromatic carbocycles. The summed E-state index contributed by atoms with van der Waals surface area (Å²) in [6.07, 6.45) is 0.766. The maximum Gasteiger partial charge on any atom is 0.347 e. The van der Waals surface area contributed by atoms with E-state index >= 15 is 0 Å². The quantitative estimate of drug-likeness (QED) is 0.534. The molecule has 1 atom stereocenters. The summed E-state index contributed by atoms with van der Waals surface area (Å²) in [5, 5.41) is 0. The summed E-state index contributed by atoms with van der Waals surface area (Å²) >= 11 is 3.35. The number of ether oxygens (including phenoxy) is 2. The lowest BCUT2D eigenvalue weighted by molar-refractivity contribution is -0.152. The molecule has 1 heterocycles. The van der Waals surface area contributed by atoms with E-state index in [-0.39, 0.29) is 6.61 Å². The molecule has 1 aromatic heterocycles. The van der Waals surface area contributed by atoms with Crippen LogP contribution >= 0.6 is 15.9 Å². The van der Waals surface area contributed by atoms with Gasteiger partial charge < -0.3 is 13.9 Å². The number of benzene rings is 2. The Morgan fingerprint density at radius 3 is 2.54 bits per heavy atom. The van der Waals surface area contributed by atoms with E-state index in [0.29, 0.717) is 17.3 Å². The van der Waals surface area contributed by atoms with Gasteiger partial charge in [-0.25, -0.2) is 9.78 Å². The zero-order valence-corrected chi connectivity index (χ0v) is 16.0. The Bertz CT molecular complexity index is 872. The first-order valence-corrected chi connectivity index (χ1v) is 8.91. The molecular weight excluding hydrogens is 398 g/mol. The molecule has 0 aliphatic carbocycles. The fourth-order valence-electron chi connectivity index (χ4n) is 2.23. The van der Waals surface area contributed by atoms with Crippen LogP contribution in [-0.2, 0) is 16.1 Å². The Kier molecular flexibility index (Phi) is 5.73. The predicted molar refractivity (Wildman–Crippen MR) is 101 cm³/mol. The number of hydrogen-bond acceptors (Lipinski definition) is 5. The molecule has 0 saturated heterocycles. The second-order valence-electron chi connectivity index (χ2n) is 5.83. The molecule has 3 rings (SSSR count). The van der Waals surface area contributed by atoms with Crippen LogP contribution < -0.4 is 4.74 Å². The molecule has 0 bridgehead atoms. The second kappa shape index (κ2) is 8.19. The highest BCUT2D eigenvalue weighted by Gasteiger charge is 2.17. The van der Waals surface area contributed by atoms with Crippen LogP contribution in [-0.4, -0.2) is 17.1 Å². The summed E-state index contributed by atoms with van der Waals surface area (Å²) in [4.78, 5) is 16.4. The fourth-order valence-corrected chi connectivity index (χ4v) is 2.49. The van der Waals surface area contributed by atoms with Crippen molar-refractivity contribution in [2.75, 3.05) is 0 Å². The van der Waals surface area contributed by atoms with Crippen molar-refractivity contribution in [3.05, 3.63) is 70.5 Å². The van der Waals surface area contributed by atoms with Crippen molar-refractivity contribution in [3.8, 4) is 17.2 Å². The molecule has 0 N–H and O–H groups in total. The van der Waals surface area contributed by atoms with Gasteiger partial charge in [0.25, 0.3) is 0 Å². The third-order valence-electron chi connectivity index (χ3n) is 3.67. The van der Waals surface area contributed by atoms with Gasteiger partial charge in [-0.2, -0.15) is 0 Å². The van der Waals surface area contributed by atoms with Crippen molar-refractivity contribution in [1.29, 1.82) is 0 Å². The first-order chi connectivity index (χ1) is 12.5. The third kappa shape index (κ3) is 4.73.